The first-order chi connectivity index (χ1) is 9.72. The number of benzene rings is 1. The topological polar surface area (TPSA) is 65.4 Å². The highest BCUT2D eigenvalue weighted by Gasteiger charge is 2.09. The Balaban J connectivity index is 2.18. The molecule has 2 N–H and O–H groups in total. The minimum atomic E-state index is 0.419. The van der Waals surface area contributed by atoms with Crippen molar-refractivity contribution in [2.45, 2.75) is 13.5 Å². The Labute approximate surface area is 117 Å². The molecule has 0 aliphatic carbocycles. The van der Waals surface area contributed by atoms with Crippen LogP contribution >= 0.6 is 0 Å². The van der Waals surface area contributed by atoms with Gasteiger partial charge in [0.05, 0.1) is 12.8 Å². The van der Waals surface area contributed by atoms with E-state index in [1.165, 1.54) is 0 Å². The fraction of sp³-hybridized carbons (Fsp3) is 0.200. The average molecular weight is 268 g/mol. The lowest BCUT2D eigenvalue weighted by Gasteiger charge is -2.08. The van der Waals surface area contributed by atoms with Gasteiger partial charge in [-0.15, -0.1) is 0 Å². The second kappa shape index (κ2) is 4.94. The van der Waals surface area contributed by atoms with Crippen LogP contribution in [0.5, 0.6) is 5.75 Å². The van der Waals surface area contributed by atoms with Gasteiger partial charge in [0, 0.05) is 24.5 Å². The standard InChI is InChI=1S/C15H16N4O/c1-10-5-11(3-4-14(10)20-2)13-7-17-9-19-8-12(6-16)18-15(13)19/h3-5,7-9H,6,16H2,1-2H3. The molecule has 2 aromatic heterocycles. The lowest BCUT2D eigenvalue weighted by Crippen LogP contribution is -1.95. The zero-order chi connectivity index (χ0) is 14.1. The van der Waals surface area contributed by atoms with E-state index in [4.69, 9.17) is 10.5 Å². The first-order valence-corrected chi connectivity index (χ1v) is 6.39. The number of hydrogen-bond acceptors (Lipinski definition) is 4. The number of fused-ring (bicyclic) bond motifs is 1. The lowest BCUT2D eigenvalue weighted by molar-refractivity contribution is 0.412. The molecule has 0 amide bonds. The molecule has 0 fully saturated rings. The molecular weight excluding hydrogens is 252 g/mol. The Morgan fingerprint density at radius 2 is 2.20 bits per heavy atom. The zero-order valence-corrected chi connectivity index (χ0v) is 11.5. The van der Waals surface area contributed by atoms with E-state index < -0.39 is 0 Å². The monoisotopic (exact) mass is 268 g/mol. The third-order valence-electron chi connectivity index (χ3n) is 3.33. The van der Waals surface area contributed by atoms with Crippen LogP contribution in [0.3, 0.4) is 0 Å². The fourth-order valence-electron chi connectivity index (χ4n) is 2.32. The number of aromatic nitrogens is 3. The highest BCUT2D eigenvalue weighted by molar-refractivity contribution is 5.77. The number of imidazole rings is 1. The molecule has 1 aromatic carbocycles. The molecule has 0 radical (unpaired) electrons. The molecule has 5 nitrogen and oxygen atoms in total. The van der Waals surface area contributed by atoms with Crippen molar-refractivity contribution in [1.29, 1.82) is 0 Å². The van der Waals surface area contributed by atoms with Gasteiger partial charge in [-0.2, -0.15) is 0 Å². The molecular formula is C15H16N4O. The molecule has 0 aliphatic heterocycles. The number of nitrogens with two attached hydrogens (primary N) is 1. The Kier molecular flexibility index (Phi) is 3.12. The maximum Gasteiger partial charge on any atom is 0.147 e. The number of rotatable bonds is 3. The maximum atomic E-state index is 5.65. The van der Waals surface area contributed by atoms with Crippen molar-refractivity contribution in [3.8, 4) is 16.9 Å². The SMILES string of the molecule is COc1ccc(-c2cncn3cc(CN)nc23)cc1C. The van der Waals surface area contributed by atoms with E-state index in [9.17, 15) is 0 Å². The highest BCUT2D eigenvalue weighted by Crippen LogP contribution is 2.28. The van der Waals surface area contributed by atoms with Crippen LogP contribution in [0.15, 0.2) is 36.9 Å². The minimum Gasteiger partial charge on any atom is -0.496 e. The van der Waals surface area contributed by atoms with Gasteiger partial charge in [0.15, 0.2) is 0 Å². The van der Waals surface area contributed by atoms with Crippen molar-refractivity contribution < 1.29 is 4.74 Å². The molecule has 0 saturated carbocycles. The number of ether oxygens (including phenoxy) is 1. The molecule has 0 spiro atoms. The van der Waals surface area contributed by atoms with Gasteiger partial charge in [0.25, 0.3) is 0 Å². The van der Waals surface area contributed by atoms with Crippen LogP contribution in [-0.2, 0) is 6.54 Å². The second-order valence-electron chi connectivity index (χ2n) is 4.66. The molecule has 0 unspecified atom stereocenters. The van der Waals surface area contributed by atoms with Crippen LogP contribution in [0.4, 0.5) is 0 Å². The second-order valence-corrected chi connectivity index (χ2v) is 4.66. The van der Waals surface area contributed by atoms with Gasteiger partial charge in [-0.05, 0) is 30.2 Å². The van der Waals surface area contributed by atoms with E-state index in [1.807, 2.05) is 35.9 Å². The van der Waals surface area contributed by atoms with Crippen molar-refractivity contribution >= 4 is 5.65 Å². The Bertz CT molecular complexity index is 764. The van der Waals surface area contributed by atoms with E-state index in [-0.39, 0.29) is 0 Å². The molecule has 0 saturated heterocycles. The van der Waals surface area contributed by atoms with Crippen LogP contribution in [0.2, 0.25) is 0 Å². The van der Waals surface area contributed by atoms with E-state index in [0.717, 1.165) is 33.8 Å². The third kappa shape index (κ3) is 2.02. The van der Waals surface area contributed by atoms with E-state index >= 15 is 0 Å². The lowest BCUT2D eigenvalue weighted by atomic mass is 10.1. The number of nitrogens with zero attached hydrogens (tertiary/aromatic N) is 3. The number of hydrogen-bond donors (Lipinski definition) is 1. The van der Waals surface area contributed by atoms with Crippen LogP contribution in [-0.4, -0.2) is 21.5 Å². The van der Waals surface area contributed by atoms with Gasteiger partial charge in [-0.3, -0.25) is 4.40 Å². The summed E-state index contributed by atoms with van der Waals surface area (Å²) in [7, 11) is 1.67. The normalized spacial score (nSPS) is 10.9. The molecule has 0 aliphatic rings. The van der Waals surface area contributed by atoms with Gasteiger partial charge in [0.1, 0.15) is 17.7 Å². The van der Waals surface area contributed by atoms with E-state index in [0.29, 0.717) is 6.54 Å². The smallest absolute Gasteiger partial charge is 0.147 e. The quantitative estimate of drug-likeness (QED) is 0.790. The summed E-state index contributed by atoms with van der Waals surface area (Å²) >= 11 is 0. The number of aryl methyl sites for hydroxylation is 1. The van der Waals surface area contributed by atoms with Crippen molar-refractivity contribution in [3.63, 3.8) is 0 Å². The Hall–Kier alpha value is -2.40. The first kappa shape index (κ1) is 12.6. The molecule has 0 bridgehead atoms. The van der Waals surface area contributed by atoms with Crippen molar-refractivity contribution in [2.24, 2.45) is 5.73 Å². The van der Waals surface area contributed by atoms with Gasteiger partial charge < -0.3 is 10.5 Å². The summed E-state index contributed by atoms with van der Waals surface area (Å²) in [5.74, 6) is 0.875. The summed E-state index contributed by atoms with van der Waals surface area (Å²) in [4.78, 5) is 8.81. The summed E-state index contributed by atoms with van der Waals surface area (Å²) in [5, 5.41) is 0. The average Bonchev–Trinajstić information content (AvgIpc) is 2.90. The van der Waals surface area contributed by atoms with Crippen LogP contribution in [0.25, 0.3) is 16.8 Å². The summed E-state index contributed by atoms with van der Waals surface area (Å²) in [6.07, 6.45) is 5.47. The van der Waals surface area contributed by atoms with Gasteiger partial charge in [0.2, 0.25) is 0 Å². The first-order valence-electron chi connectivity index (χ1n) is 6.39. The molecule has 5 heteroatoms. The van der Waals surface area contributed by atoms with Crippen LogP contribution in [0.1, 0.15) is 11.3 Å². The summed E-state index contributed by atoms with van der Waals surface area (Å²) < 4.78 is 7.19. The Morgan fingerprint density at radius 1 is 1.35 bits per heavy atom. The third-order valence-corrected chi connectivity index (χ3v) is 3.33. The van der Waals surface area contributed by atoms with Gasteiger partial charge in [-0.25, -0.2) is 9.97 Å². The largest absolute Gasteiger partial charge is 0.496 e. The predicted molar refractivity (Wildman–Crippen MR) is 77.6 cm³/mol. The molecule has 3 rings (SSSR count). The van der Waals surface area contributed by atoms with Crippen molar-refractivity contribution in [3.05, 3.63) is 48.2 Å². The fourth-order valence-corrected chi connectivity index (χ4v) is 2.32. The highest BCUT2D eigenvalue weighted by atomic mass is 16.5. The van der Waals surface area contributed by atoms with Crippen molar-refractivity contribution in [2.75, 3.05) is 7.11 Å². The molecule has 20 heavy (non-hydrogen) atoms. The molecule has 0 atom stereocenters. The molecule has 102 valence electrons. The molecule has 2 heterocycles. The van der Waals surface area contributed by atoms with Gasteiger partial charge >= 0.3 is 0 Å². The Morgan fingerprint density at radius 3 is 2.90 bits per heavy atom. The van der Waals surface area contributed by atoms with Crippen LogP contribution in [0, 0.1) is 6.92 Å². The molecule has 3 aromatic rings. The van der Waals surface area contributed by atoms with E-state index in [1.54, 1.807) is 13.4 Å². The minimum absolute atomic E-state index is 0.419. The summed E-state index contributed by atoms with van der Waals surface area (Å²) in [5.41, 5.74) is 10.5. The van der Waals surface area contributed by atoms with E-state index in [2.05, 4.69) is 16.0 Å². The zero-order valence-electron chi connectivity index (χ0n) is 11.5. The van der Waals surface area contributed by atoms with Crippen LogP contribution < -0.4 is 10.5 Å². The predicted octanol–water partition coefficient (Wildman–Crippen LogP) is 2.17. The summed E-state index contributed by atoms with van der Waals surface area (Å²) in [6.45, 7) is 2.44. The summed E-state index contributed by atoms with van der Waals surface area (Å²) in [6, 6.07) is 6.05. The van der Waals surface area contributed by atoms with Gasteiger partial charge in [-0.1, -0.05) is 6.07 Å². The van der Waals surface area contributed by atoms with Crippen molar-refractivity contribution in [1.82, 2.24) is 14.4 Å². The number of methoxy groups -OCH3 is 1. The maximum absolute atomic E-state index is 5.65.